The Morgan fingerprint density at radius 1 is 1.64 bits per heavy atom. The van der Waals surface area contributed by atoms with Gasteiger partial charge in [-0.1, -0.05) is 0 Å². The van der Waals surface area contributed by atoms with E-state index in [1.54, 1.807) is 0 Å². The molecule has 0 saturated carbocycles. The summed E-state index contributed by atoms with van der Waals surface area (Å²) in [6.45, 7) is 0. The molecule has 6 heteroatoms. The van der Waals surface area contributed by atoms with Crippen LogP contribution in [-0.2, 0) is 9.59 Å². The first-order valence-electron chi connectivity index (χ1n) is 4.24. The molecule has 1 amide bonds. The number of aliphatic hydroxyl groups is 1. The number of aliphatic hydroxyl groups excluding tert-OH is 1. The minimum absolute atomic E-state index is 0.166. The number of amides is 1. The molecule has 3 atom stereocenters. The van der Waals surface area contributed by atoms with Gasteiger partial charge in [-0.3, -0.25) is 9.69 Å². The SMILES string of the molecule is NC1C(=O)N2C(C(=O)O)=C[C@@H](O)CC12. The molecular weight excluding hydrogens is 188 g/mol. The fourth-order valence-corrected chi connectivity index (χ4v) is 1.87. The van der Waals surface area contributed by atoms with E-state index < -0.39 is 24.0 Å². The van der Waals surface area contributed by atoms with E-state index in [1.165, 1.54) is 6.08 Å². The fourth-order valence-electron chi connectivity index (χ4n) is 1.87. The van der Waals surface area contributed by atoms with Crippen LogP contribution in [0.5, 0.6) is 0 Å². The lowest BCUT2D eigenvalue weighted by molar-refractivity contribution is -0.153. The normalized spacial score (nSPS) is 35.9. The van der Waals surface area contributed by atoms with Crippen LogP contribution in [0, 0.1) is 0 Å². The van der Waals surface area contributed by atoms with Crippen LogP contribution in [0.3, 0.4) is 0 Å². The molecule has 2 heterocycles. The molecule has 1 fully saturated rings. The van der Waals surface area contributed by atoms with Gasteiger partial charge in [0.05, 0.1) is 12.1 Å². The molecule has 2 rings (SSSR count). The highest BCUT2D eigenvalue weighted by molar-refractivity contribution is 5.99. The van der Waals surface area contributed by atoms with Gasteiger partial charge in [0, 0.05) is 0 Å². The van der Waals surface area contributed by atoms with Crippen molar-refractivity contribution < 1.29 is 19.8 Å². The summed E-state index contributed by atoms with van der Waals surface area (Å²) in [5, 5.41) is 18.1. The van der Waals surface area contributed by atoms with Crippen LogP contribution >= 0.6 is 0 Å². The van der Waals surface area contributed by atoms with Gasteiger partial charge in [0.1, 0.15) is 11.7 Å². The Labute approximate surface area is 79.6 Å². The zero-order valence-electron chi connectivity index (χ0n) is 7.25. The van der Waals surface area contributed by atoms with Crippen molar-refractivity contribution in [1.29, 1.82) is 0 Å². The number of rotatable bonds is 1. The maximum Gasteiger partial charge on any atom is 0.352 e. The highest BCUT2D eigenvalue weighted by Crippen LogP contribution is 2.31. The topological polar surface area (TPSA) is 104 Å². The van der Waals surface area contributed by atoms with Gasteiger partial charge in [0.15, 0.2) is 0 Å². The number of carboxylic acids is 1. The third kappa shape index (κ3) is 1.04. The lowest BCUT2D eigenvalue weighted by atomic mass is 9.86. The van der Waals surface area contributed by atoms with E-state index in [1.807, 2.05) is 0 Å². The van der Waals surface area contributed by atoms with Crippen LogP contribution in [0.1, 0.15) is 6.42 Å². The molecule has 2 aliphatic rings. The van der Waals surface area contributed by atoms with E-state index in [4.69, 9.17) is 10.8 Å². The van der Waals surface area contributed by atoms with Gasteiger partial charge in [-0.05, 0) is 12.5 Å². The van der Waals surface area contributed by atoms with Crippen molar-refractivity contribution >= 4 is 11.9 Å². The van der Waals surface area contributed by atoms with E-state index in [0.717, 1.165) is 4.90 Å². The predicted molar refractivity (Wildman–Crippen MR) is 45.0 cm³/mol. The molecule has 76 valence electrons. The quantitative estimate of drug-likeness (QED) is 0.434. The van der Waals surface area contributed by atoms with Crippen LogP contribution in [-0.4, -0.2) is 45.2 Å². The molecule has 0 aromatic carbocycles. The number of hydrogen-bond acceptors (Lipinski definition) is 4. The highest BCUT2D eigenvalue weighted by Gasteiger charge is 2.50. The van der Waals surface area contributed by atoms with E-state index in [2.05, 4.69) is 0 Å². The summed E-state index contributed by atoms with van der Waals surface area (Å²) in [5.74, 6) is -1.61. The van der Waals surface area contributed by atoms with Crippen molar-refractivity contribution in [3.05, 3.63) is 11.8 Å². The Morgan fingerprint density at radius 2 is 2.29 bits per heavy atom. The highest BCUT2D eigenvalue weighted by atomic mass is 16.4. The third-order valence-corrected chi connectivity index (χ3v) is 2.58. The molecule has 2 aliphatic heterocycles. The second-order valence-electron chi connectivity index (χ2n) is 3.46. The molecule has 0 bridgehead atoms. The maximum atomic E-state index is 11.2. The van der Waals surface area contributed by atoms with Crippen molar-refractivity contribution in [3.63, 3.8) is 0 Å². The van der Waals surface area contributed by atoms with E-state index in [0.29, 0.717) is 6.42 Å². The summed E-state index contributed by atoms with van der Waals surface area (Å²) < 4.78 is 0. The summed E-state index contributed by atoms with van der Waals surface area (Å²) in [7, 11) is 0. The molecule has 6 nitrogen and oxygen atoms in total. The van der Waals surface area contributed by atoms with Crippen LogP contribution in [0.4, 0.5) is 0 Å². The number of nitrogens with zero attached hydrogens (tertiary/aromatic N) is 1. The molecule has 14 heavy (non-hydrogen) atoms. The maximum absolute atomic E-state index is 11.2. The number of nitrogens with two attached hydrogens (primary N) is 1. The van der Waals surface area contributed by atoms with Crippen molar-refractivity contribution in [3.8, 4) is 0 Å². The van der Waals surface area contributed by atoms with Gasteiger partial charge in [-0.2, -0.15) is 0 Å². The zero-order chi connectivity index (χ0) is 10.5. The Balaban J connectivity index is 2.32. The molecule has 0 aromatic heterocycles. The van der Waals surface area contributed by atoms with Crippen molar-refractivity contribution in [1.82, 2.24) is 4.90 Å². The van der Waals surface area contributed by atoms with E-state index in [9.17, 15) is 14.7 Å². The molecule has 2 unspecified atom stereocenters. The smallest absolute Gasteiger partial charge is 0.352 e. The zero-order valence-corrected chi connectivity index (χ0v) is 7.25. The summed E-state index contributed by atoms with van der Waals surface area (Å²) >= 11 is 0. The van der Waals surface area contributed by atoms with Crippen LogP contribution in [0.2, 0.25) is 0 Å². The van der Waals surface area contributed by atoms with Gasteiger partial charge in [-0.15, -0.1) is 0 Å². The number of carbonyl (C=O) groups excluding carboxylic acids is 1. The Bertz CT molecular complexity index is 338. The summed E-state index contributed by atoms with van der Waals surface area (Å²) in [4.78, 5) is 23.1. The summed E-state index contributed by atoms with van der Waals surface area (Å²) in [6, 6.07) is -1.04. The average molecular weight is 198 g/mol. The van der Waals surface area contributed by atoms with Gasteiger partial charge < -0.3 is 15.9 Å². The first-order chi connectivity index (χ1) is 6.52. The number of carboxylic acid groups (broad SMARTS) is 1. The van der Waals surface area contributed by atoms with Gasteiger partial charge >= 0.3 is 5.97 Å². The van der Waals surface area contributed by atoms with Gasteiger partial charge in [0.2, 0.25) is 5.91 Å². The van der Waals surface area contributed by atoms with Crippen molar-refractivity contribution in [2.45, 2.75) is 24.6 Å². The average Bonchev–Trinajstić information content (AvgIpc) is 2.15. The predicted octanol–water partition coefficient (Wildman–Crippen LogP) is -1.74. The van der Waals surface area contributed by atoms with Crippen molar-refractivity contribution in [2.75, 3.05) is 0 Å². The standard InChI is InChI=1S/C8H10N2O4/c9-6-4-1-3(11)2-5(8(13)14)10(4)7(6)12/h2-4,6,11H,1,9H2,(H,13,14)/t3-,4?,6?/m0/s1. The lowest BCUT2D eigenvalue weighted by Gasteiger charge is -2.48. The Kier molecular flexibility index (Phi) is 1.83. The lowest BCUT2D eigenvalue weighted by Crippen LogP contribution is -2.70. The molecule has 0 spiro atoms. The first-order valence-corrected chi connectivity index (χ1v) is 4.24. The van der Waals surface area contributed by atoms with E-state index >= 15 is 0 Å². The molecule has 0 aliphatic carbocycles. The molecular formula is C8H10N2O4. The van der Waals surface area contributed by atoms with Gasteiger partial charge in [-0.25, -0.2) is 4.79 Å². The number of fused-ring (bicyclic) bond motifs is 1. The largest absolute Gasteiger partial charge is 0.477 e. The monoisotopic (exact) mass is 198 g/mol. The minimum atomic E-state index is -1.21. The number of carbonyl (C=O) groups is 2. The van der Waals surface area contributed by atoms with Crippen LogP contribution < -0.4 is 5.73 Å². The second-order valence-corrected chi connectivity index (χ2v) is 3.46. The fraction of sp³-hybridized carbons (Fsp3) is 0.500. The molecule has 4 N–H and O–H groups in total. The Morgan fingerprint density at radius 3 is 2.86 bits per heavy atom. The third-order valence-electron chi connectivity index (χ3n) is 2.58. The Hall–Kier alpha value is -1.40. The number of aliphatic carboxylic acids is 1. The molecule has 0 aromatic rings. The van der Waals surface area contributed by atoms with E-state index in [-0.39, 0.29) is 11.7 Å². The van der Waals surface area contributed by atoms with Gasteiger partial charge in [0.25, 0.3) is 0 Å². The molecule has 0 radical (unpaired) electrons. The molecule has 1 saturated heterocycles. The number of hydrogen-bond donors (Lipinski definition) is 3. The number of β-lactam (4-membered cyclic amide) rings is 1. The van der Waals surface area contributed by atoms with Crippen LogP contribution in [0.15, 0.2) is 11.8 Å². The van der Waals surface area contributed by atoms with Crippen LogP contribution in [0.25, 0.3) is 0 Å². The summed E-state index contributed by atoms with van der Waals surface area (Å²) in [5.41, 5.74) is 5.31. The summed E-state index contributed by atoms with van der Waals surface area (Å²) in [6.07, 6.45) is 0.647. The first kappa shape index (κ1) is 9.17. The second kappa shape index (κ2) is 2.79. The van der Waals surface area contributed by atoms with Crippen molar-refractivity contribution in [2.24, 2.45) is 5.73 Å². The minimum Gasteiger partial charge on any atom is -0.477 e.